The van der Waals surface area contributed by atoms with E-state index in [1.54, 1.807) is 0 Å². The molecule has 0 aliphatic heterocycles. The summed E-state index contributed by atoms with van der Waals surface area (Å²) in [6, 6.07) is 4.30. The number of alkyl halides is 2. The first kappa shape index (κ1) is 11.5. The summed E-state index contributed by atoms with van der Waals surface area (Å²) in [5.74, 6) is -3.71. The predicted molar refractivity (Wildman–Crippen MR) is 55.9 cm³/mol. The Morgan fingerprint density at radius 1 is 1.29 bits per heavy atom. The summed E-state index contributed by atoms with van der Waals surface area (Å²) < 4.78 is 44.3. The molecule has 0 saturated carbocycles. The lowest BCUT2D eigenvalue weighted by Gasteiger charge is -2.11. The predicted octanol–water partition coefficient (Wildman–Crippen LogP) is 3.17. The Bertz CT molecular complexity index is 546. The molecule has 2 aromatic rings. The summed E-state index contributed by atoms with van der Waals surface area (Å²) in [7, 11) is 0. The second-order valence-corrected chi connectivity index (χ2v) is 3.70. The zero-order chi connectivity index (χ0) is 12.6. The monoisotopic (exact) mass is 242 g/mol. The molecule has 0 bridgehead atoms. The van der Waals surface area contributed by atoms with Gasteiger partial charge in [0.25, 0.3) is 5.92 Å². The third-order valence-corrected chi connectivity index (χ3v) is 2.28. The van der Waals surface area contributed by atoms with Crippen LogP contribution in [0.25, 0.3) is 11.3 Å². The highest BCUT2D eigenvalue weighted by Crippen LogP contribution is 2.32. The van der Waals surface area contributed by atoms with Gasteiger partial charge in [0.1, 0.15) is 11.5 Å². The van der Waals surface area contributed by atoms with E-state index in [0.29, 0.717) is 0 Å². The summed E-state index contributed by atoms with van der Waals surface area (Å²) in [5.41, 5.74) is 5.02. The number of anilines is 1. The van der Waals surface area contributed by atoms with Crippen LogP contribution in [0, 0.1) is 5.82 Å². The van der Waals surface area contributed by atoms with Gasteiger partial charge in [0, 0.05) is 24.1 Å². The second kappa shape index (κ2) is 3.80. The number of hydrogen-bond acceptors (Lipinski definition) is 3. The van der Waals surface area contributed by atoms with Crippen LogP contribution < -0.4 is 5.73 Å². The van der Waals surface area contributed by atoms with Crippen molar-refractivity contribution >= 4 is 5.88 Å². The number of benzene rings is 1. The Balaban J connectivity index is 2.54. The standard InChI is InChI=1S/C11H9F3N2O/c1-11(13,14)6-2-3-8(12)7(4-6)9-5-10(15)17-16-9/h2-5H,15H2,1H3. The quantitative estimate of drug-likeness (QED) is 0.879. The van der Waals surface area contributed by atoms with Gasteiger partial charge in [-0.05, 0) is 12.1 Å². The zero-order valence-corrected chi connectivity index (χ0v) is 8.88. The molecular formula is C11H9F3N2O. The molecular weight excluding hydrogens is 233 g/mol. The van der Waals surface area contributed by atoms with Gasteiger partial charge in [-0.3, -0.25) is 0 Å². The van der Waals surface area contributed by atoms with Crippen LogP contribution in [0.1, 0.15) is 12.5 Å². The van der Waals surface area contributed by atoms with Gasteiger partial charge in [0.2, 0.25) is 5.88 Å². The molecule has 0 radical (unpaired) electrons. The van der Waals surface area contributed by atoms with Gasteiger partial charge in [-0.25, -0.2) is 13.2 Å². The van der Waals surface area contributed by atoms with Crippen LogP contribution in [-0.2, 0) is 5.92 Å². The molecule has 1 heterocycles. The molecule has 6 heteroatoms. The maximum atomic E-state index is 13.5. The molecule has 0 amide bonds. The average molecular weight is 242 g/mol. The highest BCUT2D eigenvalue weighted by Gasteiger charge is 2.25. The van der Waals surface area contributed by atoms with Crippen LogP contribution >= 0.6 is 0 Å². The third-order valence-electron chi connectivity index (χ3n) is 2.28. The van der Waals surface area contributed by atoms with E-state index >= 15 is 0 Å². The van der Waals surface area contributed by atoms with Crippen molar-refractivity contribution in [3.05, 3.63) is 35.6 Å². The Hall–Kier alpha value is -1.98. The highest BCUT2D eigenvalue weighted by atomic mass is 19.3. The molecule has 0 aliphatic carbocycles. The lowest BCUT2D eigenvalue weighted by molar-refractivity contribution is 0.0174. The molecule has 17 heavy (non-hydrogen) atoms. The second-order valence-electron chi connectivity index (χ2n) is 3.70. The van der Waals surface area contributed by atoms with Gasteiger partial charge < -0.3 is 10.3 Å². The van der Waals surface area contributed by atoms with Crippen molar-refractivity contribution in [1.29, 1.82) is 0 Å². The van der Waals surface area contributed by atoms with Gasteiger partial charge in [0.05, 0.1) is 0 Å². The molecule has 0 unspecified atom stereocenters. The summed E-state index contributed by atoms with van der Waals surface area (Å²) in [6.07, 6.45) is 0. The maximum Gasteiger partial charge on any atom is 0.270 e. The Labute approximate surface area is 95.0 Å². The summed E-state index contributed by atoms with van der Waals surface area (Å²) in [6.45, 7) is 0.737. The minimum Gasteiger partial charge on any atom is -0.368 e. The van der Waals surface area contributed by atoms with E-state index in [0.717, 1.165) is 25.1 Å². The summed E-state index contributed by atoms with van der Waals surface area (Å²) in [5, 5.41) is 3.49. The molecule has 0 atom stereocenters. The van der Waals surface area contributed by atoms with E-state index < -0.39 is 11.7 Å². The third kappa shape index (κ3) is 2.25. The number of nitrogen functional groups attached to an aromatic ring is 1. The van der Waals surface area contributed by atoms with Crippen LogP contribution in [0.15, 0.2) is 28.8 Å². The van der Waals surface area contributed by atoms with Crippen molar-refractivity contribution in [1.82, 2.24) is 5.16 Å². The number of rotatable bonds is 2. The van der Waals surface area contributed by atoms with Gasteiger partial charge >= 0.3 is 0 Å². The van der Waals surface area contributed by atoms with Crippen molar-refractivity contribution < 1.29 is 17.7 Å². The minimum absolute atomic E-state index is 0.00642. The molecule has 1 aromatic heterocycles. The van der Waals surface area contributed by atoms with Crippen molar-refractivity contribution in [3.63, 3.8) is 0 Å². The van der Waals surface area contributed by atoms with Crippen molar-refractivity contribution in [3.8, 4) is 11.3 Å². The Morgan fingerprint density at radius 3 is 2.53 bits per heavy atom. The van der Waals surface area contributed by atoms with Crippen molar-refractivity contribution in [2.75, 3.05) is 5.73 Å². The average Bonchev–Trinajstić information content (AvgIpc) is 2.63. The van der Waals surface area contributed by atoms with Crippen LogP contribution in [0.5, 0.6) is 0 Å². The fourth-order valence-corrected chi connectivity index (χ4v) is 1.41. The molecule has 0 fully saturated rings. The van der Waals surface area contributed by atoms with E-state index in [1.807, 2.05) is 0 Å². The molecule has 2 N–H and O–H groups in total. The van der Waals surface area contributed by atoms with Crippen LogP contribution in [0.2, 0.25) is 0 Å². The molecule has 3 nitrogen and oxygen atoms in total. The first-order chi connectivity index (χ1) is 7.88. The molecule has 90 valence electrons. The van der Waals surface area contributed by atoms with E-state index in [2.05, 4.69) is 9.68 Å². The SMILES string of the molecule is CC(F)(F)c1ccc(F)c(-c2cc(N)on2)c1. The van der Waals surface area contributed by atoms with Gasteiger partial charge in [-0.1, -0.05) is 11.2 Å². The molecule has 1 aromatic carbocycles. The van der Waals surface area contributed by atoms with Crippen LogP contribution in [0.3, 0.4) is 0 Å². The first-order valence-corrected chi connectivity index (χ1v) is 4.78. The first-order valence-electron chi connectivity index (χ1n) is 4.78. The topological polar surface area (TPSA) is 52.0 Å². The fraction of sp³-hybridized carbons (Fsp3) is 0.182. The number of nitrogens with two attached hydrogens (primary N) is 1. The van der Waals surface area contributed by atoms with E-state index in [4.69, 9.17) is 5.73 Å². The number of nitrogens with zero attached hydrogens (tertiary/aromatic N) is 1. The van der Waals surface area contributed by atoms with Crippen molar-refractivity contribution in [2.45, 2.75) is 12.8 Å². The molecule has 0 aliphatic rings. The van der Waals surface area contributed by atoms with Gasteiger partial charge in [-0.15, -0.1) is 0 Å². The Morgan fingerprint density at radius 2 is 2.00 bits per heavy atom. The maximum absolute atomic E-state index is 13.5. The minimum atomic E-state index is -3.04. The smallest absolute Gasteiger partial charge is 0.270 e. The normalized spacial score (nSPS) is 11.8. The molecule has 0 saturated heterocycles. The molecule has 0 spiro atoms. The number of hydrogen-bond donors (Lipinski definition) is 1. The lowest BCUT2D eigenvalue weighted by Crippen LogP contribution is -2.07. The van der Waals surface area contributed by atoms with E-state index in [-0.39, 0.29) is 22.7 Å². The number of aromatic nitrogens is 1. The zero-order valence-electron chi connectivity index (χ0n) is 8.88. The van der Waals surface area contributed by atoms with Crippen LogP contribution in [0.4, 0.5) is 19.1 Å². The summed E-state index contributed by atoms with van der Waals surface area (Å²) >= 11 is 0. The molecule has 2 rings (SSSR count). The van der Waals surface area contributed by atoms with Crippen molar-refractivity contribution in [2.24, 2.45) is 0 Å². The summed E-state index contributed by atoms with van der Waals surface area (Å²) in [4.78, 5) is 0. The lowest BCUT2D eigenvalue weighted by atomic mass is 10.0. The van der Waals surface area contributed by atoms with Gasteiger partial charge in [-0.2, -0.15) is 0 Å². The largest absolute Gasteiger partial charge is 0.368 e. The Kier molecular flexibility index (Phi) is 2.57. The van der Waals surface area contributed by atoms with E-state index in [9.17, 15) is 13.2 Å². The highest BCUT2D eigenvalue weighted by molar-refractivity contribution is 5.63. The fourth-order valence-electron chi connectivity index (χ4n) is 1.41. The number of halogens is 3. The van der Waals surface area contributed by atoms with Crippen LogP contribution in [-0.4, -0.2) is 5.16 Å². The van der Waals surface area contributed by atoms with Gasteiger partial charge in [0.15, 0.2) is 0 Å². The van der Waals surface area contributed by atoms with E-state index in [1.165, 1.54) is 6.07 Å².